The highest BCUT2D eigenvalue weighted by Gasteiger charge is 2.41. The average Bonchev–Trinajstić information content (AvgIpc) is 3.09. The number of hydrogen-bond acceptors (Lipinski definition) is 3. The molecule has 2 fully saturated rings. The molecule has 0 aromatic rings. The van der Waals surface area contributed by atoms with Crippen LogP contribution in [0, 0.1) is 11.3 Å². The minimum Gasteiger partial charge on any atom is -0.380 e. The summed E-state index contributed by atoms with van der Waals surface area (Å²) >= 11 is 4.42. The Morgan fingerprint density at radius 2 is 2.13 bits per heavy atom. The average molecular weight is 229 g/mol. The van der Waals surface area contributed by atoms with E-state index in [1.807, 2.05) is 0 Å². The Balaban J connectivity index is 1.50. The van der Waals surface area contributed by atoms with Gasteiger partial charge < -0.3 is 9.64 Å². The molecule has 15 heavy (non-hydrogen) atoms. The monoisotopic (exact) mass is 229 g/mol. The lowest BCUT2D eigenvalue weighted by Crippen LogP contribution is -2.30. The number of thiol groups is 1. The van der Waals surface area contributed by atoms with Crippen molar-refractivity contribution < 1.29 is 4.74 Å². The molecule has 0 aromatic heterocycles. The smallest absolute Gasteiger partial charge is 0.0593 e. The van der Waals surface area contributed by atoms with Crippen LogP contribution in [0.2, 0.25) is 0 Å². The molecular weight excluding hydrogens is 206 g/mol. The van der Waals surface area contributed by atoms with Crippen LogP contribution in [0.25, 0.3) is 0 Å². The van der Waals surface area contributed by atoms with Gasteiger partial charge in [0.25, 0.3) is 0 Å². The molecule has 0 aromatic carbocycles. The Morgan fingerprint density at radius 1 is 1.40 bits per heavy atom. The molecule has 0 N–H and O–H groups in total. The summed E-state index contributed by atoms with van der Waals surface area (Å²) in [6, 6.07) is 0. The maximum absolute atomic E-state index is 5.64. The van der Waals surface area contributed by atoms with Gasteiger partial charge in [-0.15, -0.1) is 0 Å². The first-order chi connectivity index (χ1) is 7.24. The Hall–Kier alpha value is 0.270. The minimum absolute atomic E-state index is 0.550. The molecule has 0 saturated heterocycles. The quantitative estimate of drug-likeness (QED) is 0.505. The molecule has 3 heteroatoms. The van der Waals surface area contributed by atoms with Crippen molar-refractivity contribution in [3.63, 3.8) is 0 Å². The first-order valence-corrected chi connectivity index (χ1v) is 6.74. The summed E-state index contributed by atoms with van der Waals surface area (Å²) < 4.78 is 5.64. The van der Waals surface area contributed by atoms with Gasteiger partial charge in [0, 0.05) is 19.7 Å². The highest BCUT2D eigenvalue weighted by Crippen LogP contribution is 2.46. The first kappa shape index (κ1) is 11.7. The van der Waals surface area contributed by atoms with E-state index in [0.29, 0.717) is 5.41 Å². The van der Waals surface area contributed by atoms with E-state index in [0.717, 1.165) is 31.4 Å². The van der Waals surface area contributed by atoms with Gasteiger partial charge in [-0.1, -0.05) is 0 Å². The first-order valence-electron chi connectivity index (χ1n) is 6.11. The zero-order valence-electron chi connectivity index (χ0n) is 9.74. The van der Waals surface area contributed by atoms with Crippen LogP contribution in [0.3, 0.4) is 0 Å². The third-order valence-electron chi connectivity index (χ3n) is 3.57. The lowest BCUT2D eigenvalue weighted by Gasteiger charge is -2.22. The van der Waals surface area contributed by atoms with Crippen LogP contribution in [0.5, 0.6) is 0 Å². The minimum atomic E-state index is 0.550. The summed E-state index contributed by atoms with van der Waals surface area (Å²) in [7, 11) is 2.20. The van der Waals surface area contributed by atoms with E-state index in [9.17, 15) is 0 Å². The van der Waals surface area contributed by atoms with Gasteiger partial charge in [-0.2, -0.15) is 12.6 Å². The van der Waals surface area contributed by atoms with E-state index in [4.69, 9.17) is 4.74 Å². The van der Waals surface area contributed by atoms with E-state index in [1.165, 1.54) is 32.2 Å². The summed E-state index contributed by atoms with van der Waals surface area (Å²) in [6.45, 7) is 4.16. The second-order valence-electron chi connectivity index (χ2n) is 5.41. The normalized spacial score (nSPS) is 23.4. The molecule has 88 valence electrons. The largest absolute Gasteiger partial charge is 0.380 e. The van der Waals surface area contributed by atoms with Gasteiger partial charge in [0.2, 0.25) is 0 Å². The van der Waals surface area contributed by atoms with Crippen LogP contribution >= 0.6 is 12.6 Å². The van der Waals surface area contributed by atoms with Gasteiger partial charge in [-0.3, -0.25) is 0 Å². The van der Waals surface area contributed by atoms with E-state index >= 15 is 0 Å². The van der Waals surface area contributed by atoms with Gasteiger partial charge in [0.1, 0.15) is 0 Å². The highest BCUT2D eigenvalue weighted by molar-refractivity contribution is 7.80. The van der Waals surface area contributed by atoms with Crippen LogP contribution in [-0.2, 0) is 4.74 Å². The molecule has 2 saturated carbocycles. The number of hydrogen-bond donors (Lipinski definition) is 1. The molecule has 0 radical (unpaired) electrons. The number of rotatable bonds is 8. The Labute approximate surface area is 98.8 Å². The third-order valence-corrected chi connectivity index (χ3v) is 4.24. The van der Waals surface area contributed by atoms with Gasteiger partial charge in [0.15, 0.2) is 0 Å². The van der Waals surface area contributed by atoms with Crippen molar-refractivity contribution in [3.05, 3.63) is 0 Å². The van der Waals surface area contributed by atoms with E-state index in [-0.39, 0.29) is 0 Å². The molecular formula is C12H23NOS. The Kier molecular flexibility index (Phi) is 3.97. The molecule has 2 nitrogen and oxygen atoms in total. The van der Waals surface area contributed by atoms with Crippen molar-refractivity contribution in [2.24, 2.45) is 11.3 Å². The number of ether oxygens (including phenoxy) is 1. The molecule has 0 aliphatic heterocycles. The van der Waals surface area contributed by atoms with Crippen molar-refractivity contribution in [1.29, 1.82) is 0 Å². The van der Waals surface area contributed by atoms with Crippen molar-refractivity contribution in [3.8, 4) is 0 Å². The van der Waals surface area contributed by atoms with Gasteiger partial charge in [-0.05, 0) is 49.8 Å². The molecule has 0 atom stereocenters. The third kappa shape index (κ3) is 3.97. The molecule has 0 spiro atoms. The topological polar surface area (TPSA) is 12.5 Å². The Morgan fingerprint density at radius 3 is 2.67 bits per heavy atom. The predicted octanol–water partition coefficient (Wildman–Crippen LogP) is 2.05. The van der Waals surface area contributed by atoms with Crippen LogP contribution in [0.4, 0.5) is 0 Å². The fourth-order valence-corrected chi connectivity index (χ4v) is 2.37. The number of likely N-dealkylation sites (N-methyl/N-ethyl adjacent to an activating group) is 1. The standard InChI is InChI=1S/C12H23NOS/c1-13(9-12(10-15)4-5-12)6-7-14-8-11-2-3-11/h11,15H,2-10H2,1H3. The van der Waals surface area contributed by atoms with Gasteiger partial charge >= 0.3 is 0 Å². The summed E-state index contributed by atoms with van der Waals surface area (Å²) in [4.78, 5) is 2.40. The van der Waals surface area contributed by atoms with Gasteiger partial charge in [0.05, 0.1) is 6.61 Å². The van der Waals surface area contributed by atoms with Crippen molar-refractivity contribution in [2.45, 2.75) is 25.7 Å². The van der Waals surface area contributed by atoms with Crippen molar-refractivity contribution in [2.75, 3.05) is 39.1 Å². The van der Waals surface area contributed by atoms with Crippen LogP contribution in [0.15, 0.2) is 0 Å². The second kappa shape index (κ2) is 5.07. The highest BCUT2D eigenvalue weighted by atomic mass is 32.1. The van der Waals surface area contributed by atoms with Crippen molar-refractivity contribution >= 4 is 12.6 Å². The summed E-state index contributed by atoms with van der Waals surface area (Å²) in [6.07, 6.45) is 5.50. The molecule has 0 heterocycles. The zero-order valence-corrected chi connectivity index (χ0v) is 10.6. The molecule has 2 aliphatic carbocycles. The van der Waals surface area contributed by atoms with Crippen LogP contribution in [-0.4, -0.2) is 44.0 Å². The molecule has 0 amide bonds. The fourth-order valence-electron chi connectivity index (χ4n) is 1.95. The lowest BCUT2D eigenvalue weighted by atomic mass is 10.1. The summed E-state index contributed by atoms with van der Waals surface area (Å²) in [5.74, 6) is 1.93. The predicted molar refractivity (Wildman–Crippen MR) is 66.6 cm³/mol. The van der Waals surface area contributed by atoms with Crippen molar-refractivity contribution in [1.82, 2.24) is 4.90 Å². The van der Waals surface area contributed by atoms with Gasteiger partial charge in [-0.25, -0.2) is 0 Å². The van der Waals surface area contributed by atoms with E-state index < -0.39 is 0 Å². The summed E-state index contributed by atoms with van der Waals surface area (Å²) in [5.41, 5.74) is 0.550. The lowest BCUT2D eigenvalue weighted by molar-refractivity contribution is 0.0989. The maximum atomic E-state index is 5.64. The molecule has 0 unspecified atom stereocenters. The fraction of sp³-hybridized carbons (Fsp3) is 1.00. The van der Waals surface area contributed by atoms with E-state index in [2.05, 4.69) is 24.6 Å². The Bertz CT molecular complexity index is 202. The zero-order chi connectivity index (χ0) is 10.7. The number of nitrogens with zero attached hydrogens (tertiary/aromatic N) is 1. The molecule has 0 bridgehead atoms. The van der Waals surface area contributed by atoms with E-state index in [1.54, 1.807) is 0 Å². The summed E-state index contributed by atoms with van der Waals surface area (Å²) in [5, 5.41) is 0. The van der Waals surface area contributed by atoms with Crippen LogP contribution < -0.4 is 0 Å². The second-order valence-corrected chi connectivity index (χ2v) is 5.73. The van der Waals surface area contributed by atoms with Crippen LogP contribution in [0.1, 0.15) is 25.7 Å². The SMILES string of the molecule is CN(CCOCC1CC1)CC1(CS)CC1. The maximum Gasteiger partial charge on any atom is 0.0593 e. The molecule has 2 rings (SSSR count). The molecule has 2 aliphatic rings.